The fourth-order valence-electron chi connectivity index (χ4n) is 1.45. The van der Waals surface area contributed by atoms with Gasteiger partial charge < -0.3 is 15.1 Å². The van der Waals surface area contributed by atoms with E-state index in [0.29, 0.717) is 17.9 Å². The predicted octanol–water partition coefficient (Wildman–Crippen LogP) is 1.62. The second-order valence-electron chi connectivity index (χ2n) is 4.27. The van der Waals surface area contributed by atoms with Gasteiger partial charge in [0.25, 0.3) is 5.91 Å². The normalized spacial score (nSPS) is 11.9. The quantitative estimate of drug-likeness (QED) is 0.808. The van der Waals surface area contributed by atoms with E-state index in [1.807, 2.05) is 13.8 Å². The third-order valence-electron chi connectivity index (χ3n) is 2.76. The summed E-state index contributed by atoms with van der Waals surface area (Å²) >= 11 is 0. The molecule has 1 aromatic rings. The standard InChI is InChI=1S/C13H20N2O3/c1-4-9(2)15-12(16)5-7-14-13(17)11-6-8-18-10(11)3/h6,8-9H,4-5,7H2,1-3H3,(H,14,17)(H,15,16). The minimum Gasteiger partial charge on any atom is -0.469 e. The summed E-state index contributed by atoms with van der Waals surface area (Å²) in [6, 6.07) is 1.79. The molecule has 5 nitrogen and oxygen atoms in total. The highest BCUT2D eigenvalue weighted by atomic mass is 16.3. The predicted molar refractivity (Wildman–Crippen MR) is 68.3 cm³/mol. The second kappa shape index (κ2) is 6.83. The first-order valence-electron chi connectivity index (χ1n) is 6.16. The van der Waals surface area contributed by atoms with Gasteiger partial charge in [-0.05, 0) is 26.3 Å². The van der Waals surface area contributed by atoms with Crippen LogP contribution in [0.5, 0.6) is 0 Å². The summed E-state index contributed by atoms with van der Waals surface area (Å²) in [6.07, 6.45) is 2.65. The number of rotatable bonds is 6. The van der Waals surface area contributed by atoms with Crippen molar-refractivity contribution in [1.82, 2.24) is 10.6 Å². The van der Waals surface area contributed by atoms with Crippen molar-refractivity contribution in [1.29, 1.82) is 0 Å². The van der Waals surface area contributed by atoms with Crippen LogP contribution in [-0.2, 0) is 4.79 Å². The Bertz CT molecular complexity index is 412. The van der Waals surface area contributed by atoms with E-state index in [1.165, 1.54) is 6.26 Å². The van der Waals surface area contributed by atoms with Gasteiger partial charge in [-0.25, -0.2) is 0 Å². The van der Waals surface area contributed by atoms with Crippen molar-refractivity contribution < 1.29 is 14.0 Å². The van der Waals surface area contributed by atoms with Crippen LogP contribution in [0.3, 0.4) is 0 Å². The molecule has 0 aliphatic rings. The van der Waals surface area contributed by atoms with Crippen molar-refractivity contribution in [2.24, 2.45) is 0 Å². The van der Waals surface area contributed by atoms with Crippen LogP contribution in [0.1, 0.15) is 42.8 Å². The number of carbonyl (C=O) groups is 2. The Morgan fingerprint density at radius 3 is 2.72 bits per heavy atom. The van der Waals surface area contributed by atoms with E-state index >= 15 is 0 Å². The smallest absolute Gasteiger partial charge is 0.254 e. The van der Waals surface area contributed by atoms with Gasteiger partial charge in [-0.3, -0.25) is 9.59 Å². The fourth-order valence-corrected chi connectivity index (χ4v) is 1.45. The van der Waals surface area contributed by atoms with Crippen molar-refractivity contribution in [2.75, 3.05) is 6.54 Å². The van der Waals surface area contributed by atoms with Gasteiger partial charge in [0.2, 0.25) is 5.91 Å². The Morgan fingerprint density at radius 1 is 1.44 bits per heavy atom. The molecule has 1 rings (SSSR count). The summed E-state index contributed by atoms with van der Waals surface area (Å²) in [7, 11) is 0. The van der Waals surface area contributed by atoms with E-state index in [0.717, 1.165) is 6.42 Å². The highest BCUT2D eigenvalue weighted by molar-refractivity contribution is 5.95. The van der Waals surface area contributed by atoms with E-state index in [1.54, 1.807) is 13.0 Å². The SMILES string of the molecule is CCC(C)NC(=O)CCNC(=O)c1ccoc1C. The molecule has 1 atom stereocenters. The third kappa shape index (κ3) is 4.24. The summed E-state index contributed by atoms with van der Waals surface area (Å²) in [5.41, 5.74) is 0.511. The van der Waals surface area contributed by atoms with Crippen molar-refractivity contribution in [2.45, 2.75) is 39.7 Å². The number of amides is 2. The Hall–Kier alpha value is -1.78. The minimum absolute atomic E-state index is 0.0476. The molecule has 1 unspecified atom stereocenters. The van der Waals surface area contributed by atoms with Gasteiger partial charge in [-0.15, -0.1) is 0 Å². The first-order valence-corrected chi connectivity index (χ1v) is 6.16. The molecule has 18 heavy (non-hydrogen) atoms. The summed E-state index contributed by atoms with van der Waals surface area (Å²) in [4.78, 5) is 23.2. The van der Waals surface area contributed by atoms with Crippen LogP contribution in [0, 0.1) is 6.92 Å². The molecule has 0 bridgehead atoms. The lowest BCUT2D eigenvalue weighted by atomic mass is 10.2. The minimum atomic E-state index is -0.211. The molecule has 2 amide bonds. The maximum atomic E-state index is 11.7. The van der Waals surface area contributed by atoms with E-state index < -0.39 is 0 Å². The number of furan rings is 1. The average molecular weight is 252 g/mol. The molecule has 0 saturated carbocycles. The Labute approximate surface area is 107 Å². The van der Waals surface area contributed by atoms with E-state index in [4.69, 9.17) is 4.42 Å². The van der Waals surface area contributed by atoms with Gasteiger partial charge in [0.1, 0.15) is 5.76 Å². The Kier molecular flexibility index (Phi) is 5.42. The zero-order valence-electron chi connectivity index (χ0n) is 11.1. The molecule has 0 aliphatic heterocycles. The summed E-state index contributed by atoms with van der Waals surface area (Å²) < 4.78 is 5.04. The number of carbonyl (C=O) groups excluding carboxylic acids is 2. The zero-order chi connectivity index (χ0) is 13.5. The summed E-state index contributed by atoms with van der Waals surface area (Å²) in [6.45, 7) is 6.01. The lowest BCUT2D eigenvalue weighted by Crippen LogP contribution is -2.35. The molecular formula is C13H20N2O3. The van der Waals surface area contributed by atoms with Gasteiger partial charge in [-0.2, -0.15) is 0 Å². The largest absolute Gasteiger partial charge is 0.469 e. The summed E-state index contributed by atoms with van der Waals surface area (Å²) in [5.74, 6) is 0.322. The Balaban J connectivity index is 2.28. The van der Waals surface area contributed by atoms with Crippen molar-refractivity contribution >= 4 is 11.8 Å². The molecule has 0 aliphatic carbocycles. The molecule has 0 aromatic carbocycles. The summed E-state index contributed by atoms with van der Waals surface area (Å²) in [5, 5.41) is 5.53. The van der Waals surface area contributed by atoms with Crippen molar-refractivity contribution in [3.8, 4) is 0 Å². The van der Waals surface area contributed by atoms with Crippen molar-refractivity contribution in [3.63, 3.8) is 0 Å². The van der Waals surface area contributed by atoms with Crippen LogP contribution in [0.2, 0.25) is 0 Å². The fraction of sp³-hybridized carbons (Fsp3) is 0.538. The first kappa shape index (κ1) is 14.3. The monoisotopic (exact) mass is 252 g/mol. The lowest BCUT2D eigenvalue weighted by Gasteiger charge is -2.11. The Morgan fingerprint density at radius 2 is 2.17 bits per heavy atom. The number of hydrogen-bond donors (Lipinski definition) is 2. The highest BCUT2D eigenvalue weighted by Gasteiger charge is 2.11. The van der Waals surface area contributed by atoms with Crippen LogP contribution in [-0.4, -0.2) is 24.4 Å². The van der Waals surface area contributed by atoms with Gasteiger partial charge >= 0.3 is 0 Å². The van der Waals surface area contributed by atoms with E-state index in [-0.39, 0.29) is 24.3 Å². The zero-order valence-corrected chi connectivity index (χ0v) is 11.1. The maximum Gasteiger partial charge on any atom is 0.254 e. The molecule has 1 aromatic heterocycles. The molecule has 2 N–H and O–H groups in total. The molecule has 1 heterocycles. The van der Waals surface area contributed by atoms with Gasteiger partial charge in [0, 0.05) is 19.0 Å². The number of nitrogens with one attached hydrogen (secondary N) is 2. The third-order valence-corrected chi connectivity index (χ3v) is 2.76. The van der Waals surface area contributed by atoms with Gasteiger partial charge in [0.15, 0.2) is 0 Å². The number of aryl methyl sites for hydroxylation is 1. The van der Waals surface area contributed by atoms with E-state index in [9.17, 15) is 9.59 Å². The second-order valence-corrected chi connectivity index (χ2v) is 4.27. The van der Waals surface area contributed by atoms with Crippen LogP contribution in [0.25, 0.3) is 0 Å². The topological polar surface area (TPSA) is 71.3 Å². The van der Waals surface area contributed by atoms with Crippen LogP contribution < -0.4 is 10.6 Å². The average Bonchev–Trinajstić information content (AvgIpc) is 2.75. The highest BCUT2D eigenvalue weighted by Crippen LogP contribution is 2.07. The molecule has 0 radical (unpaired) electrons. The molecule has 0 spiro atoms. The number of hydrogen-bond acceptors (Lipinski definition) is 3. The van der Waals surface area contributed by atoms with Crippen LogP contribution in [0.4, 0.5) is 0 Å². The molecular weight excluding hydrogens is 232 g/mol. The maximum absolute atomic E-state index is 11.7. The van der Waals surface area contributed by atoms with Crippen LogP contribution >= 0.6 is 0 Å². The lowest BCUT2D eigenvalue weighted by molar-refractivity contribution is -0.121. The van der Waals surface area contributed by atoms with Gasteiger partial charge in [-0.1, -0.05) is 6.92 Å². The van der Waals surface area contributed by atoms with Crippen LogP contribution in [0.15, 0.2) is 16.7 Å². The molecule has 100 valence electrons. The molecule has 0 fully saturated rings. The molecule has 5 heteroatoms. The first-order chi connectivity index (χ1) is 8.54. The van der Waals surface area contributed by atoms with Crippen molar-refractivity contribution in [3.05, 3.63) is 23.7 Å². The van der Waals surface area contributed by atoms with E-state index in [2.05, 4.69) is 10.6 Å². The van der Waals surface area contributed by atoms with Gasteiger partial charge in [0.05, 0.1) is 11.8 Å². The molecule has 0 saturated heterocycles.